The smallest absolute Gasteiger partial charge is 0.282 e. The van der Waals surface area contributed by atoms with Gasteiger partial charge in [-0.05, 0) is 19.1 Å². The second-order valence-corrected chi connectivity index (χ2v) is 5.69. The van der Waals surface area contributed by atoms with Crippen molar-refractivity contribution in [2.75, 3.05) is 0 Å². The van der Waals surface area contributed by atoms with E-state index in [9.17, 15) is 17.7 Å². The van der Waals surface area contributed by atoms with Crippen molar-refractivity contribution >= 4 is 10.0 Å². The Bertz CT molecular complexity index is 835. The Hall–Kier alpha value is -2.22. The summed E-state index contributed by atoms with van der Waals surface area (Å²) in [7, 11) is -4.17. The maximum absolute atomic E-state index is 13.2. The molecule has 1 aromatic heterocycles. The molecule has 2 rings (SSSR count). The van der Waals surface area contributed by atoms with E-state index in [0.29, 0.717) is 0 Å². The van der Waals surface area contributed by atoms with Gasteiger partial charge in [0.1, 0.15) is 0 Å². The van der Waals surface area contributed by atoms with Crippen molar-refractivity contribution in [3.8, 4) is 0 Å². The van der Waals surface area contributed by atoms with E-state index in [1.54, 1.807) is 19.1 Å². The largest absolute Gasteiger partial charge is 0.372 e. The third-order valence-electron chi connectivity index (χ3n) is 2.51. The summed E-state index contributed by atoms with van der Waals surface area (Å²) in [6, 6.07) is 6.68. The summed E-state index contributed by atoms with van der Waals surface area (Å²) < 4.78 is 37.8. The summed E-state index contributed by atoms with van der Waals surface area (Å²) in [6.45, 7) is 1.78. The number of benzene rings is 1. The van der Waals surface area contributed by atoms with Crippen molar-refractivity contribution in [3.05, 3.63) is 58.1 Å². The van der Waals surface area contributed by atoms with Crippen molar-refractivity contribution < 1.29 is 12.9 Å². The molecule has 100 valence electrons. The lowest BCUT2D eigenvalue weighted by molar-refractivity contribution is 0.319. The van der Waals surface area contributed by atoms with Crippen LogP contribution in [0, 0.1) is 12.3 Å². The molecule has 0 aliphatic heterocycles. The number of halogens is 1. The molecule has 0 bridgehead atoms. The molecule has 0 aliphatic rings. The second kappa shape index (κ2) is 4.47. The maximum atomic E-state index is 13.2. The lowest BCUT2D eigenvalue weighted by atomic mass is 10.2. The zero-order chi connectivity index (χ0) is 14.2. The molecule has 1 N–H and O–H groups in total. The van der Waals surface area contributed by atoms with Crippen molar-refractivity contribution in [2.24, 2.45) is 0 Å². The molecule has 0 saturated heterocycles. The summed E-state index contributed by atoms with van der Waals surface area (Å²) in [5.74, 6) is 0. The van der Waals surface area contributed by atoms with Crippen molar-refractivity contribution in [1.29, 1.82) is 5.41 Å². The van der Waals surface area contributed by atoms with Crippen LogP contribution >= 0.6 is 0 Å². The quantitative estimate of drug-likeness (QED) is 0.866. The molecule has 2 aromatic rings. The topological polar surface area (TPSA) is 84.9 Å². The van der Waals surface area contributed by atoms with Crippen LogP contribution in [0.2, 0.25) is 0 Å². The first-order valence-corrected chi connectivity index (χ1v) is 6.66. The molecule has 8 heteroatoms. The Morgan fingerprint density at radius 1 is 1.16 bits per heavy atom. The number of aryl methyl sites for hydroxylation is 1. The van der Waals surface area contributed by atoms with Crippen LogP contribution in [-0.4, -0.2) is 17.2 Å². The van der Waals surface area contributed by atoms with Gasteiger partial charge in [0.05, 0.1) is 4.90 Å². The van der Waals surface area contributed by atoms with Gasteiger partial charge in [-0.2, -0.15) is 3.97 Å². The number of hydrogen-bond donors (Lipinski definition) is 1. The van der Waals surface area contributed by atoms with E-state index in [0.717, 1.165) is 17.8 Å². The first-order valence-electron chi connectivity index (χ1n) is 5.22. The second-order valence-electron chi connectivity index (χ2n) is 3.88. The molecule has 0 radical (unpaired) electrons. The minimum atomic E-state index is -4.17. The fraction of sp³-hybridized carbons (Fsp3) is 0.0909. The van der Waals surface area contributed by atoms with E-state index >= 15 is 0 Å². The molecule has 0 atom stereocenters. The van der Waals surface area contributed by atoms with Crippen LogP contribution in [0.1, 0.15) is 5.56 Å². The predicted octanol–water partition coefficient (Wildman–Crippen LogP) is 0.407. The highest BCUT2D eigenvalue weighted by atomic mass is 32.2. The van der Waals surface area contributed by atoms with Gasteiger partial charge in [-0.15, -0.1) is 4.79 Å². The maximum Gasteiger partial charge on any atom is 0.372 e. The molecular formula is C11H10FN3O3S. The highest BCUT2D eigenvalue weighted by Crippen LogP contribution is 2.12. The number of rotatable bonds is 2. The Balaban J connectivity index is 2.71. The Labute approximate surface area is 107 Å². The lowest BCUT2D eigenvalue weighted by Crippen LogP contribution is -2.38. The van der Waals surface area contributed by atoms with Gasteiger partial charge in [0.25, 0.3) is 10.0 Å². The van der Waals surface area contributed by atoms with Crippen LogP contribution in [0.5, 0.6) is 0 Å². The summed E-state index contributed by atoms with van der Waals surface area (Å²) >= 11 is 0. The minimum absolute atomic E-state index is 0.127. The zero-order valence-electron chi connectivity index (χ0n) is 9.87. The van der Waals surface area contributed by atoms with Crippen LogP contribution in [0.25, 0.3) is 0 Å². The number of nitrogens with one attached hydrogen (secondary N) is 1. The fourth-order valence-electron chi connectivity index (χ4n) is 1.46. The Morgan fingerprint density at radius 3 is 2.32 bits per heavy atom. The van der Waals surface area contributed by atoms with Gasteiger partial charge in [0.15, 0.2) is 5.49 Å². The van der Waals surface area contributed by atoms with Gasteiger partial charge < -0.3 is 0 Å². The molecule has 1 aromatic carbocycles. The summed E-state index contributed by atoms with van der Waals surface area (Å²) in [5.41, 5.74) is -1.30. The van der Waals surface area contributed by atoms with E-state index in [1.807, 2.05) is 0 Å². The molecule has 0 unspecified atom stereocenters. The first kappa shape index (κ1) is 13.2. The molecule has 19 heavy (non-hydrogen) atoms. The molecule has 0 saturated carbocycles. The summed E-state index contributed by atoms with van der Waals surface area (Å²) in [4.78, 5) is 10.9. The van der Waals surface area contributed by atoms with Gasteiger partial charge in [0, 0.05) is 12.3 Å². The number of aromatic nitrogens is 2. The standard InChI is InChI=1S/C11H10FN3O3S/c1-8-2-4-9(5-3-8)19(17,18)14-7-6-10(13)15(12)11(14)16/h2-7,13H,1H3. The molecule has 0 spiro atoms. The normalized spacial score (nSPS) is 11.5. The van der Waals surface area contributed by atoms with Crippen LogP contribution < -0.4 is 11.2 Å². The van der Waals surface area contributed by atoms with Gasteiger partial charge in [0.2, 0.25) is 0 Å². The predicted molar refractivity (Wildman–Crippen MR) is 64.8 cm³/mol. The molecule has 6 nitrogen and oxygen atoms in total. The fourth-order valence-corrected chi connectivity index (χ4v) is 2.67. The lowest BCUT2D eigenvalue weighted by Gasteiger charge is -2.07. The van der Waals surface area contributed by atoms with E-state index in [4.69, 9.17) is 5.41 Å². The van der Waals surface area contributed by atoms with Gasteiger partial charge >= 0.3 is 5.69 Å². The van der Waals surface area contributed by atoms with Gasteiger partial charge in [-0.1, -0.05) is 22.2 Å². The van der Waals surface area contributed by atoms with Crippen LogP contribution in [0.4, 0.5) is 4.48 Å². The highest BCUT2D eigenvalue weighted by molar-refractivity contribution is 7.90. The van der Waals surface area contributed by atoms with E-state index in [2.05, 4.69) is 0 Å². The SMILES string of the molecule is Cc1ccc(S(=O)(=O)n2ccc(=N)n(F)c2=O)cc1. The summed E-state index contributed by atoms with van der Waals surface area (Å²) in [5, 5.41) is 7.07. The molecular weight excluding hydrogens is 273 g/mol. The van der Waals surface area contributed by atoms with Crippen molar-refractivity contribution in [1.82, 2.24) is 8.76 Å². The van der Waals surface area contributed by atoms with E-state index in [-0.39, 0.29) is 8.87 Å². The average Bonchev–Trinajstić information content (AvgIpc) is 2.36. The van der Waals surface area contributed by atoms with E-state index < -0.39 is 26.0 Å². The molecule has 0 amide bonds. The Kier molecular flexibility index (Phi) is 3.11. The van der Waals surface area contributed by atoms with Crippen LogP contribution in [-0.2, 0) is 10.0 Å². The Morgan fingerprint density at radius 2 is 1.74 bits per heavy atom. The van der Waals surface area contributed by atoms with E-state index in [1.165, 1.54) is 12.1 Å². The molecule has 0 fully saturated rings. The third-order valence-corrected chi connectivity index (χ3v) is 4.18. The average molecular weight is 283 g/mol. The summed E-state index contributed by atoms with van der Waals surface area (Å²) in [6.07, 6.45) is 0.857. The number of nitrogens with zero attached hydrogens (tertiary/aromatic N) is 2. The van der Waals surface area contributed by atoms with Crippen LogP contribution in [0.3, 0.4) is 0 Å². The van der Waals surface area contributed by atoms with Gasteiger partial charge in [-0.25, -0.2) is 13.2 Å². The first-order chi connectivity index (χ1) is 8.84. The monoisotopic (exact) mass is 283 g/mol. The van der Waals surface area contributed by atoms with Gasteiger partial charge in [-0.3, -0.25) is 5.41 Å². The third kappa shape index (κ3) is 2.22. The van der Waals surface area contributed by atoms with Crippen molar-refractivity contribution in [2.45, 2.75) is 11.8 Å². The number of hydrogen-bond acceptors (Lipinski definition) is 4. The van der Waals surface area contributed by atoms with Crippen molar-refractivity contribution in [3.63, 3.8) is 0 Å². The zero-order valence-corrected chi connectivity index (χ0v) is 10.7. The highest BCUT2D eigenvalue weighted by Gasteiger charge is 2.19. The van der Waals surface area contributed by atoms with Crippen LogP contribution in [0.15, 0.2) is 46.2 Å². The molecule has 0 aliphatic carbocycles. The molecule has 1 heterocycles. The minimum Gasteiger partial charge on any atom is -0.282 e.